The quantitative estimate of drug-likeness (QED) is 0.725. The molecule has 0 aromatic heterocycles. The number of carbonyl (C=O) groups is 3. The molecule has 7 heteroatoms. The lowest BCUT2D eigenvalue weighted by Gasteiger charge is -2.27. The Hall–Kier alpha value is -1.79. The molecule has 2 N–H and O–H groups in total. The molecule has 0 radical (unpaired) electrons. The molecule has 0 bridgehead atoms. The van der Waals surface area contributed by atoms with Gasteiger partial charge in [-0.3, -0.25) is 9.59 Å². The number of hydrogen-bond acceptors (Lipinski definition) is 5. The minimum Gasteiger partial charge on any atom is -0.450 e. The molecular formula is C15H26N2O5. The second-order valence-corrected chi connectivity index (χ2v) is 6.47. The molecule has 0 aliphatic heterocycles. The zero-order valence-electron chi connectivity index (χ0n) is 13.9. The Labute approximate surface area is 131 Å². The van der Waals surface area contributed by atoms with E-state index in [4.69, 9.17) is 9.47 Å². The number of carbonyl (C=O) groups excluding carboxylic acids is 3. The summed E-state index contributed by atoms with van der Waals surface area (Å²) in [4.78, 5) is 35.3. The van der Waals surface area contributed by atoms with Gasteiger partial charge in [0.25, 0.3) is 5.91 Å². The van der Waals surface area contributed by atoms with Gasteiger partial charge in [-0.1, -0.05) is 6.92 Å². The average molecular weight is 314 g/mol. The molecule has 22 heavy (non-hydrogen) atoms. The van der Waals surface area contributed by atoms with Crippen LogP contribution in [-0.2, 0) is 19.1 Å². The van der Waals surface area contributed by atoms with E-state index in [-0.39, 0.29) is 11.9 Å². The van der Waals surface area contributed by atoms with Gasteiger partial charge < -0.3 is 20.1 Å². The molecule has 1 rings (SSSR count). The van der Waals surface area contributed by atoms with Crippen molar-refractivity contribution in [2.45, 2.75) is 77.7 Å². The van der Waals surface area contributed by atoms with Gasteiger partial charge >= 0.3 is 12.1 Å². The Morgan fingerprint density at radius 2 is 1.82 bits per heavy atom. The van der Waals surface area contributed by atoms with Crippen molar-refractivity contribution in [1.29, 1.82) is 0 Å². The van der Waals surface area contributed by atoms with Gasteiger partial charge in [0.05, 0.1) is 6.04 Å². The van der Waals surface area contributed by atoms with E-state index in [9.17, 15) is 14.4 Å². The minimum atomic E-state index is -1.06. The summed E-state index contributed by atoms with van der Waals surface area (Å²) in [6, 6.07) is -0.498. The van der Waals surface area contributed by atoms with Gasteiger partial charge in [-0.15, -0.1) is 0 Å². The van der Waals surface area contributed by atoms with E-state index < -0.39 is 29.8 Å². The molecular weight excluding hydrogens is 288 g/mol. The highest BCUT2D eigenvalue weighted by atomic mass is 16.6. The molecule has 0 spiro atoms. The van der Waals surface area contributed by atoms with Crippen LogP contribution in [-0.4, -0.2) is 41.8 Å². The topological polar surface area (TPSA) is 93.7 Å². The van der Waals surface area contributed by atoms with Crippen LogP contribution in [0.1, 0.15) is 53.9 Å². The van der Waals surface area contributed by atoms with Crippen molar-refractivity contribution in [3.8, 4) is 0 Å². The summed E-state index contributed by atoms with van der Waals surface area (Å²) < 4.78 is 10.3. The molecule has 0 heterocycles. The van der Waals surface area contributed by atoms with E-state index in [0.29, 0.717) is 6.42 Å². The number of amides is 2. The van der Waals surface area contributed by atoms with E-state index >= 15 is 0 Å². The molecule has 7 nitrogen and oxygen atoms in total. The fourth-order valence-electron chi connectivity index (χ4n) is 1.86. The highest BCUT2D eigenvalue weighted by molar-refractivity contribution is 5.85. The molecule has 2 unspecified atom stereocenters. The molecule has 1 fully saturated rings. The van der Waals surface area contributed by atoms with Crippen molar-refractivity contribution in [2.75, 3.05) is 0 Å². The summed E-state index contributed by atoms with van der Waals surface area (Å²) in [6.45, 7) is 8.27. The van der Waals surface area contributed by atoms with Crippen LogP contribution in [0, 0.1) is 0 Å². The maximum atomic E-state index is 12.2. The Bertz CT molecular complexity index is 426. The van der Waals surface area contributed by atoms with Crippen molar-refractivity contribution in [1.82, 2.24) is 10.6 Å². The Kier molecular flexibility index (Phi) is 6.20. The van der Waals surface area contributed by atoms with Crippen molar-refractivity contribution >= 4 is 18.0 Å². The summed E-state index contributed by atoms with van der Waals surface area (Å²) in [6.07, 6.45) is 0.574. The number of ether oxygens (including phenoxy) is 2. The fraction of sp³-hybridized carbons (Fsp3) is 0.800. The minimum absolute atomic E-state index is 0.143. The maximum absolute atomic E-state index is 12.2. The van der Waals surface area contributed by atoms with Crippen LogP contribution in [0.5, 0.6) is 0 Å². The van der Waals surface area contributed by atoms with Crippen LogP contribution in [0.3, 0.4) is 0 Å². The van der Waals surface area contributed by atoms with Crippen LogP contribution >= 0.6 is 0 Å². The zero-order chi connectivity index (χ0) is 16.9. The third-order valence-electron chi connectivity index (χ3n) is 2.98. The first-order valence-electron chi connectivity index (χ1n) is 7.59. The van der Waals surface area contributed by atoms with Gasteiger partial charge in [0.2, 0.25) is 0 Å². The third-order valence-corrected chi connectivity index (χ3v) is 2.98. The molecule has 2 amide bonds. The monoisotopic (exact) mass is 314 g/mol. The van der Waals surface area contributed by atoms with Crippen LogP contribution in [0.4, 0.5) is 4.79 Å². The first-order chi connectivity index (χ1) is 10.1. The lowest BCUT2D eigenvalue weighted by atomic mass is 10.1. The molecule has 1 saturated carbocycles. The Morgan fingerprint density at radius 3 is 2.23 bits per heavy atom. The fourth-order valence-corrected chi connectivity index (χ4v) is 1.86. The van der Waals surface area contributed by atoms with Gasteiger partial charge in [-0.25, -0.2) is 4.79 Å². The Morgan fingerprint density at radius 1 is 1.23 bits per heavy atom. The van der Waals surface area contributed by atoms with Gasteiger partial charge in [-0.2, -0.15) is 0 Å². The van der Waals surface area contributed by atoms with Gasteiger partial charge in [-0.05, 0) is 40.0 Å². The molecule has 0 saturated heterocycles. The van der Waals surface area contributed by atoms with Gasteiger partial charge in [0.1, 0.15) is 5.60 Å². The van der Waals surface area contributed by atoms with Crippen LogP contribution < -0.4 is 10.6 Å². The van der Waals surface area contributed by atoms with Gasteiger partial charge in [0, 0.05) is 13.0 Å². The third kappa shape index (κ3) is 6.78. The highest BCUT2D eigenvalue weighted by Crippen LogP contribution is 2.19. The second kappa shape index (κ2) is 7.47. The zero-order valence-corrected chi connectivity index (χ0v) is 13.9. The molecule has 1 aliphatic rings. The summed E-state index contributed by atoms with van der Waals surface area (Å²) in [5, 5.41) is 5.39. The molecule has 2 atom stereocenters. The van der Waals surface area contributed by atoms with Crippen LogP contribution in [0.2, 0.25) is 0 Å². The lowest BCUT2D eigenvalue weighted by molar-refractivity contribution is -0.155. The Balaban J connectivity index is 2.71. The normalized spacial score (nSPS) is 17.1. The van der Waals surface area contributed by atoms with Crippen molar-refractivity contribution in [3.63, 3.8) is 0 Å². The molecule has 126 valence electrons. The van der Waals surface area contributed by atoms with E-state index in [0.717, 1.165) is 12.8 Å². The smallest absolute Gasteiger partial charge is 0.408 e. The predicted octanol–water partition coefficient (Wildman–Crippen LogP) is 1.50. The maximum Gasteiger partial charge on any atom is 0.408 e. The second-order valence-electron chi connectivity index (χ2n) is 6.47. The number of alkyl carbamates (subject to hydrolysis) is 1. The molecule has 1 aliphatic carbocycles. The first kappa shape index (κ1) is 18.3. The van der Waals surface area contributed by atoms with Gasteiger partial charge in [0.15, 0.2) is 6.10 Å². The number of rotatable bonds is 6. The van der Waals surface area contributed by atoms with E-state index in [2.05, 4.69) is 10.6 Å². The number of hydrogen-bond donors (Lipinski definition) is 2. The average Bonchev–Trinajstić information content (AvgIpc) is 3.14. The highest BCUT2D eigenvalue weighted by Gasteiger charge is 2.35. The summed E-state index contributed by atoms with van der Waals surface area (Å²) in [5.74, 6) is -0.957. The van der Waals surface area contributed by atoms with Crippen LogP contribution in [0.25, 0.3) is 0 Å². The molecule has 0 aromatic carbocycles. The largest absolute Gasteiger partial charge is 0.450 e. The molecule has 0 aromatic rings. The lowest BCUT2D eigenvalue weighted by Crippen LogP contribution is -2.53. The summed E-state index contributed by atoms with van der Waals surface area (Å²) in [7, 11) is 0. The SMILES string of the molecule is CCC(NC(=O)OC(C)(C)C)C(OC(C)=O)C(=O)NC1CC1. The first-order valence-corrected chi connectivity index (χ1v) is 7.59. The van der Waals surface area contributed by atoms with E-state index in [1.165, 1.54) is 6.92 Å². The van der Waals surface area contributed by atoms with E-state index in [1.807, 2.05) is 0 Å². The summed E-state index contributed by atoms with van der Waals surface area (Å²) in [5.41, 5.74) is -0.643. The van der Waals surface area contributed by atoms with Crippen molar-refractivity contribution < 1.29 is 23.9 Å². The standard InChI is InChI=1S/C15H26N2O5/c1-6-11(17-14(20)22-15(3,4)5)12(21-9(2)18)13(19)16-10-7-8-10/h10-12H,6-8H2,1-5H3,(H,16,19)(H,17,20). The van der Waals surface area contributed by atoms with Crippen LogP contribution in [0.15, 0.2) is 0 Å². The van der Waals surface area contributed by atoms with Crippen molar-refractivity contribution in [3.05, 3.63) is 0 Å². The predicted molar refractivity (Wildman–Crippen MR) is 80.2 cm³/mol. The number of esters is 1. The summed E-state index contributed by atoms with van der Waals surface area (Å²) >= 11 is 0. The number of nitrogens with one attached hydrogen (secondary N) is 2. The van der Waals surface area contributed by atoms with Crippen molar-refractivity contribution in [2.24, 2.45) is 0 Å². The van der Waals surface area contributed by atoms with E-state index in [1.54, 1.807) is 27.7 Å².